The maximum atomic E-state index is 10.9. The number of rotatable bonds is 4. The van der Waals surface area contributed by atoms with Crippen LogP contribution in [0, 0.1) is 23.0 Å². The molecule has 6 nitrogen and oxygen atoms in total. The Balaban J connectivity index is 3.07. The van der Waals surface area contributed by atoms with Crippen molar-refractivity contribution in [3.05, 3.63) is 21.5 Å². The minimum Gasteiger partial charge on any atom is -0.327 e. The van der Waals surface area contributed by atoms with Crippen LogP contribution in [0.4, 0.5) is 5.69 Å². The summed E-state index contributed by atoms with van der Waals surface area (Å²) in [6.45, 7) is 5.64. The summed E-state index contributed by atoms with van der Waals surface area (Å²) in [6, 6.07) is -0.0894. The molecule has 16 heavy (non-hydrogen) atoms. The summed E-state index contributed by atoms with van der Waals surface area (Å²) in [5.74, 6) is 0.287. The van der Waals surface area contributed by atoms with Crippen LogP contribution in [-0.2, 0) is 13.5 Å². The second kappa shape index (κ2) is 4.61. The average molecular weight is 226 g/mol. The van der Waals surface area contributed by atoms with Crippen LogP contribution in [0.5, 0.6) is 0 Å². The molecule has 90 valence electrons. The number of nitro groups is 1. The molecule has 0 bridgehead atoms. The zero-order valence-electron chi connectivity index (χ0n) is 10.1. The van der Waals surface area contributed by atoms with E-state index >= 15 is 0 Å². The summed E-state index contributed by atoms with van der Waals surface area (Å²) >= 11 is 0. The van der Waals surface area contributed by atoms with Gasteiger partial charge < -0.3 is 5.73 Å². The molecule has 0 amide bonds. The Hall–Kier alpha value is -1.43. The third kappa shape index (κ3) is 2.38. The van der Waals surface area contributed by atoms with Crippen molar-refractivity contribution in [1.29, 1.82) is 0 Å². The predicted octanol–water partition coefficient (Wildman–Crippen LogP) is 1.16. The number of nitrogens with two attached hydrogens (primary N) is 1. The molecule has 6 heteroatoms. The number of hydrogen-bond donors (Lipinski definition) is 1. The standard InChI is InChI=1S/C10H18N4O2/c1-6(2)8(11)5-9-10(14(15)16)7(3)12-13(9)4/h6,8H,5,11H2,1-4H3. The molecule has 1 rings (SSSR count). The van der Waals surface area contributed by atoms with E-state index in [-0.39, 0.29) is 22.6 Å². The highest BCUT2D eigenvalue weighted by Gasteiger charge is 2.25. The van der Waals surface area contributed by atoms with Gasteiger partial charge in [0.25, 0.3) is 0 Å². The zero-order valence-corrected chi connectivity index (χ0v) is 10.1. The van der Waals surface area contributed by atoms with E-state index in [2.05, 4.69) is 5.10 Å². The second-order valence-corrected chi connectivity index (χ2v) is 4.37. The van der Waals surface area contributed by atoms with Gasteiger partial charge in [0, 0.05) is 19.5 Å². The largest absolute Gasteiger partial charge is 0.327 e. The molecule has 0 aromatic carbocycles. The lowest BCUT2D eigenvalue weighted by Gasteiger charge is -2.14. The Kier molecular flexibility index (Phi) is 3.64. The van der Waals surface area contributed by atoms with Crippen molar-refractivity contribution in [3.63, 3.8) is 0 Å². The van der Waals surface area contributed by atoms with Crippen LogP contribution in [-0.4, -0.2) is 20.7 Å². The molecule has 0 saturated heterocycles. The lowest BCUT2D eigenvalue weighted by atomic mass is 9.99. The van der Waals surface area contributed by atoms with Gasteiger partial charge in [0.05, 0.1) is 4.92 Å². The summed E-state index contributed by atoms with van der Waals surface area (Å²) in [7, 11) is 1.71. The first kappa shape index (κ1) is 12.6. The first-order valence-corrected chi connectivity index (χ1v) is 5.27. The van der Waals surface area contributed by atoms with Gasteiger partial charge in [-0.2, -0.15) is 5.10 Å². The van der Waals surface area contributed by atoms with Crippen LogP contribution in [0.3, 0.4) is 0 Å². The number of aromatic nitrogens is 2. The van der Waals surface area contributed by atoms with Gasteiger partial charge in [0.15, 0.2) is 0 Å². The van der Waals surface area contributed by atoms with Crippen molar-refractivity contribution >= 4 is 5.69 Å². The van der Waals surface area contributed by atoms with Gasteiger partial charge in [-0.1, -0.05) is 13.8 Å². The van der Waals surface area contributed by atoms with Gasteiger partial charge in [-0.3, -0.25) is 14.8 Å². The number of nitrogens with zero attached hydrogens (tertiary/aromatic N) is 3. The van der Waals surface area contributed by atoms with Gasteiger partial charge in [0.1, 0.15) is 11.4 Å². The SMILES string of the molecule is Cc1nn(C)c(CC(N)C(C)C)c1[N+](=O)[O-]. The summed E-state index contributed by atoms with van der Waals surface area (Å²) < 4.78 is 1.55. The monoisotopic (exact) mass is 226 g/mol. The quantitative estimate of drug-likeness (QED) is 0.616. The summed E-state index contributed by atoms with van der Waals surface area (Å²) in [5.41, 5.74) is 7.07. The lowest BCUT2D eigenvalue weighted by Crippen LogP contribution is -2.29. The second-order valence-electron chi connectivity index (χ2n) is 4.37. The molecular formula is C10H18N4O2. The normalized spacial score (nSPS) is 13.1. The minimum atomic E-state index is -0.384. The molecule has 0 aliphatic carbocycles. The van der Waals surface area contributed by atoms with E-state index in [1.54, 1.807) is 18.7 Å². The van der Waals surface area contributed by atoms with E-state index in [9.17, 15) is 10.1 Å². The maximum Gasteiger partial charge on any atom is 0.313 e. The van der Waals surface area contributed by atoms with Gasteiger partial charge in [-0.15, -0.1) is 0 Å². The smallest absolute Gasteiger partial charge is 0.313 e. The average Bonchev–Trinajstić information content (AvgIpc) is 2.41. The molecule has 1 unspecified atom stereocenters. The first-order valence-electron chi connectivity index (χ1n) is 5.27. The zero-order chi connectivity index (χ0) is 12.5. The third-order valence-corrected chi connectivity index (χ3v) is 2.77. The fourth-order valence-electron chi connectivity index (χ4n) is 1.62. The highest BCUT2D eigenvalue weighted by molar-refractivity contribution is 5.40. The van der Waals surface area contributed by atoms with Crippen molar-refractivity contribution in [2.24, 2.45) is 18.7 Å². The van der Waals surface area contributed by atoms with E-state index in [4.69, 9.17) is 5.73 Å². The van der Waals surface area contributed by atoms with E-state index in [1.807, 2.05) is 13.8 Å². The van der Waals surface area contributed by atoms with Crippen LogP contribution >= 0.6 is 0 Å². The molecule has 0 aliphatic heterocycles. The molecule has 1 atom stereocenters. The first-order chi connectivity index (χ1) is 7.34. The minimum absolute atomic E-state index is 0.0894. The number of hydrogen-bond acceptors (Lipinski definition) is 4. The molecule has 0 radical (unpaired) electrons. The molecule has 1 heterocycles. The Labute approximate surface area is 94.6 Å². The number of aryl methyl sites for hydroxylation is 2. The molecule has 0 fully saturated rings. The predicted molar refractivity (Wildman–Crippen MR) is 61.1 cm³/mol. The Morgan fingerprint density at radius 2 is 2.12 bits per heavy atom. The Morgan fingerprint density at radius 1 is 1.56 bits per heavy atom. The summed E-state index contributed by atoms with van der Waals surface area (Å²) in [6.07, 6.45) is 0.478. The van der Waals surface area contributed by atoms with Crippen molar-refractivity contribution in [3.8, 4) is 0 Å². The molecule has 0 saturated carbocycles. The van der Waals surface area contributed by atoms with Crippen LogP contribution < -0.4 is 5.73 Å². The highest BCUT2D eigenvalue weighted by Crippen LogP contribution is 2.24. The Bertz CT molecular complexity index is 398. The van der Waals surface area contributed by atoms with Gasteiger partial charge in [-0.25, -0.2) is 0 Å². The van der Waals surface area contributed by atoms with Crippen LogP contribution in [0.1, 0.15) is 25.2 Å². The Morgan fingerprint density at radius 3 is 2.56 bits per heavy atom. The van der Waals surface area contributed by atoms with Crippen molar-refractivity contribution in [2.75, 3.05) is 0 Å². The molecule has 1 aromatic rings. The third-order valence-electron chi connectivity index (χ3n) is 2.77. The van der Waals surface area contributed by atoms with E-state index in [0.717, 1.165) is 0 Å². The fraction of sp³-hybridized carbons (Fsp3) is 0.700. The van der Waals surface area contributed by atoms with E-state index in [0.29, 0.717) is 17.8 Å². The summed E-state index contributed by atoms with van der Waals surface area (Å²) in [5, 5.41) is 15.0. The topological polar surface area (TPSA) is 87.0 Å². The highest BCUT2D eigenvalue weighted by atomic mass is 16.6. The lowest BCUT2D eigenvalue weighted by molar-refractivity contribution is -0.386. The molecule has 2 N–H and O–H groups in total. The van der Waals surface area contributed by atoms with E-state index in [1.165, 1.54) is 0 Å². The van der Waals surface area contributed by atoms with Gasteiger partial charge >= 0.3 is 5.69 Å². The van der Waals surface area contributed by atoms with Gasteiger partial charge in [0.2, 0.25) is 0 Å². The maximum absolute atomic E-state index is 10.9. The van der Waals surface area contributed by atoms with Crippen molar-refractivity contribution < 1.29 is 4.92 Å². The van der Waals surface area contributed by atoms with Crippen LogP contribution in [0.2, 0.25) is 0 Å². The molecular weight excluding hydrogens is 208 g/mol. The fourth-order valence-corrected chi connectivity index (χ4v) is 1.62. The van der Waals surface area contributed by atoms with Crippen molar-refractivity contribution in [1.82, 2.24) is 9.78 Å². The van der Waals surface area contributed by atoms with Crippen LogP contribution in [0.25, 0.3) is 0 Å². The van der Waals surface area contributed by atoms with Crippen LogP contribution in [0.15, 0.2) is 0 Å². The van der Waals surface area contributed by atoms with E-state index < -0.39 is 0 Å². The van der Waals surface area contributed by atoms with Crippen molar-refractivity contribution in [2.45, 2.75) is 33.2 Å². The molecule has 1 aromatic heterocycles. The molecule has 0 aliphatic rings. The van der Waals surface area contributed by atoms with Gasteiger partial charge in [-0.05, 0) is 12.8 Å². The summed E-state index contributed by atoms with van der Waals surface area (Å²) in [4.78, 5) is 10.5. The molecule has 0 spiro atoms.